The highest BCUT2D eigenvalue weighted by Gasteiger charge is 2.14. The Hall–Kier alpha value is -1.81. The topological polar surface area (TPSA) is 51.4 Å². The third-order valence-corrected chi connectivity index (χ3v) is 3.73. The van der Waals surface area contributed by atoms with E-state index in [0.29, 0.717) is 0 Å². The van der Waals surface area contributed by atoms with Crippen LogP contribution < -0.4 is 15.4 Å². The molecule has 1 aromatic heterocycles. The second kappa shape index (κ2) is 6.76. The van der Waals surface area contributed by atoms with Gasteiger partial charge in [-0.25, -0.2) is 0 Å². The number of benzene rings is 1. The van der Waals surface area contributed by atoms with Crippen LogP contribution in [0.1, 0.15) is 24.1 Å². The van der Waals surface area contributed by atoms with Crippen LogP contribution in [0, 0.1) is 6.92 Å². The number of ether oxygens (including phenoxy) is 1. The van der Waals surface area contributed by atoms with E-state index in [1.54, 1.807) is 7.11 Å². The van der Waals surface area contributed by atoms with Crippen molar-refractivity contribution >= 4 is 16.6 Å². The lowest BCUT2D eigenvalue weighted by molar-refractivity contribution is 0.410. The standard InChI is InChI=1S/C17H25N3O/c1-12-11-15(20(2)3)17-13(7-5-6-10-18)16(21-4)9-8-14(17)19-12/h8-9,11H,5-7,10,18H2,1-4H3. The van der Waals surface area contributed by atoms with E-state index in [4.69, 9.17) is 10.5 Å². The highest BCUT2D eigenvalue weighted by molar-refractivity contribution is 5.96. The molecule has 1 heterocycles. The number of nitrogens with two attached hydrogens (primary N) is 1. The van der Waals surface area contributed by atoms with E-state index in [1.165, 1.54) is 16.6 Å². The lowest BCUT2D eigenvalue weighted by Gasteiger charge is -2.20. The van der Waals surface area contributed by atoms with E-state index >= 15 is 0 Å². The van der Waals surface area contributed by atoms with Crippen molar-refractivity contribution in [2.45, 2.75) is 26.2 Å². The van der Waals surface area contributed by atoms with Crippen molar-refractivity contribution in [1.82, 2.24) is 4.98 Å². The van der Waals surface area contributed by atoms with Crippen LogP contribution in [-0.2, 0) is 6.42 Å². The zero-order chi connectivity index (χ0) is 15.4. The predicted octanol–water partition coefficient (Wildman–Crippen LogP) is 2.90. The van der Waals surface area contributed by atoms with Crippen LogP contribution in [0.15, 0.2) is 18.2 Å². The number of hydrogen-bond acceptors (Lipinski definition) is 4. The van der Waals surface area contributed by atoms with Gasteiger partial charge in [-0.1, -0.05) is 0 Å². The smallest absolute Gasteiger partial charge is 0.122 e. The molecular weight excluding hydrogens is 262 g/mol. The lowest BCUT2D eigenvalue weighted by atomic mass is 9.99. The van der Waals surface area contributed by atoms with Crippen LogP contribution in [0.25, 0.3) is 10.9 Å². The largest absolute Gasteiger partial charge is 0.496 e. The summed E-state index contributed by atoms with van der Waals surface area (Å²) in [6.07, 6.45) is 3.05. The Morgan fingerprint density at radius 1 is 1.24 bits per heavy atom. The number of pyridine rings is 1. The van der Waals surface area contributed by atoms with Crippen molar-refractivity contribution in [3.05, 3.63) is 29.5 Å². The van der Waals surface area contributed by atoms with Crippen LogP contribution in [0.3, 0.4) is 0 Å². The summed E-state index contributed by atoms with van der Waals surface area (Å²) >= 11 is 0. The van der Waals surface area contributed by atoms with Crippen molar-refractivity contribution in [3.8, 4) is 5.75 Å². The SMILES string of the molecule is COc1ccc2nc(C)cc(N(C)C)c2c1CCCCN. The minimum atomic E-state index is 0.727. The molecule has 2 rings (SSSR count). The average Bonchev–Trinajstić information content (AvgIpc) is 2.46. The zero-order valence-corrected chi connectivity index (χ0v) is 13.4. The number of unbranched alkanes of at least 4 members (excludes halogenated alkanes) is 1. The monoisotopic (exact) mass is 287 g/mol. The van der Waals surface area contributed by atoms with E-state index in [2.05, 4.69) is 30.0 Å². The number of rotatable bonds is 6. The fraction of sp³-hybridized carbons (Fsp3) is 0.471. The number of aryl methyl sites for hydroxylation is 2. The first-order valence-corrected chi connectivity index (χ1v) is 7.43. The molecule has 114 valence electrons. The summed E-state index contributed by atoms with van der Waals surface area (Å²) < 4.78 is 5.57. The molecule has 4 nitrogen and oxygen atoms in total. The third kappa shape index (κ3) is 3.27. The molecule has 4 heteroatoms. The maximum atomic E-state index is 5.62. The number of hydrogen-bond donors (Lipinski definition) is 1. The Morgan fingerprint density at radius 3 is 2.62 bits per heavy atom. The summed E-state index contributed by atoms with van der Waals surface area (Å²) in [5.41, 5.74) is 10.1. The molecule has 2 N–H and O–H groups in total. The van der Waals surface area contributed by atoms with Gasteiger partial charge in [-0.2, -0.15) is 0 Å². The van der Waals surface area contributed by atoms with Gasteiger partial charge in [0.1, 0.15) is 5.75 Å². The molecule has 0 amide bonds. The first-order chi connectivity index (χ1) is 10.1. The van der Waals surface area contributed by atoms with Crippen molar-refractivity contribution in [2.24, 2.45) is 5.73 Å². The number of aromatic nitrogens is 1. The third-order valence-electron chi connectivity index (χ3n) is 3.73. The Bertz CT molecular complexity index is 623. The molecule has 21 heavy (non-hydrogen) atoms. The van der Waals surface area contributed by atoms with Gasteiger partial charge in [-0.05, 0) is 50.9 Å². The second-order valence-electron chi connectivity index (χ2n) is 5.56. The summed E-state index contributed by atoms with van der Waals surface area (Å²) in [5, 5.41) is 1.20. The van der Waals surface area contributed by atoms with Crippen molar-refractivity contribution in [3.63, 3.8) is 0 Å². The quantitative estimate of drug-likeness (QED) is 0.830. The predicted molar refractivity (Wildman–Crippen MR) is 89.4 cm³/mol. The molecule has 0 bridgehead atoms. The molecule has 0 saturated carbocycles. The van der Waals surface area contributed by atoms with E-state index in [9.17, 15) is 0 Å². The highest BCUT2D eigenvalue weighted by atomic mass is 16.5. The summed E-state index contributed by atoms with van der Waals surface area (Å²) in [4.78, 5) is 6.82. The summed E-state index contributed by atoms with van der Waals surface area (Å²) in [6.45, 7) is 2.76. The first kappa shape index (κ1) is 15.6. The minimum Gasteiger partial charge on any atom is -0.496 e. The van der Waals surface area contributed by atoms with Gasteiger partial charge in [0.2, 0.25) is 0 Å². The van der Waals surface area contributed by atoms with Crippen molar-refractivity contribution in [2.75, 3.05) is 32.6 Å². The van der Waals surface area contributed by atoms with Gasteiger partial charge in [-0.3, -0.25) is 4.98 Å². The normalized spacial score (nSPS) is 10.9. The molecule has 0 atom stereocenters. The fourth-order valence-corrected chi connectivity index (χ4v) is 2.73. The van der Waals surface area contributed by atoms with Gasteiger partial charge >= 0.3 is 0 Å². The van der Waals surface area contributed by atoms with Gasteiger partial charge in [0, 0.05) is 36.4 Å². The number of nitrogens with zero attached hydrogens (tertiary/aromatic N) is 2. The van der Waals surface area contributed by atoms with Crippen molar-refractivity contribution < 1.29 is 4.74 Å². The maximum absolute atomic E-state index is 5.62. The minimum absolute atomic E-state index is 0.727. The number of anilines is 1. The highest BCUT2D eigenvalue weighted by Crippen LogP contribution is 2.35. The van der Waals surface area contributed by atoms with Gasteiger partial charge in [0.25, 0.3) is 0 Å². The summed E-state index contributed by atoms with van der Waals surface area (Å²) in [5.74, 6) is 0.938. The van der Waals surface area contributed by atoms with Gasteiger partial charge < -0.3 is 15.4 Å². The number of methoxy groups -OCH3 is 1. The molecule has 1 aromatic carbocycles. The Labute approximate surface area is 126 Å². The van der Waals surface area contributed by atoms with E-state index in [1.807, 2.05) is 19.1 Å². The molecule has 0 unspecified atom stereocenters. The second-order valence-corrected chi connectivity index (χ2v) is 5.56. The molecule has 0 saturated heterocycles. The van der Waals surface area contributed by atoms with Crippen LogP contribution in [0.2, 0.25) is 0 Å². The van der Waals surface area contributed by atoms with Crippen LogP contribution >= 0.6 is 0 Å². The average molecular weight is 287 g/mol. The van der Waals surface area contributed by atoms with E-state index < -0.39 is 0 Å². The Balaban J connectivity index is 2.65. The molecule has 0 fully saturated rings. The van der Waals surface area contributed by atoms with Crippen LogP contribution in [-0.4, -0.2) is 32.7 Å². The molecule has 0 spiro atoms. The Morgan fingerprint density at radius 2 is 2.00 bits per heavy atom. The molecule has 0 aliphatic carbocycles. The summed E-state index contributed by atoms with van der Waals surface area (Å²) in [6, 6.07) is 6.20. The van der Waals surface area contributed by atoms with Gasteiger partial charge in [0.15, 0.2) is 0 Å². The Kier molecular flexibility index (Phi) is 5.02. The molecule has 2 aromatic rings. The fourth-order valence-electron chi connectivity index (χ4n) is 2.73. The summed E-state index contributed by atoms with van der Waals surface area (Å²) in [7, 11) is 5.86. The zero-order valence-electron chi connectivity index (χ0n) is 13.4. The number of fused-ring (bicyclic) bond motifs is 1. The molecule has 0 aliphatic rings. The van der Waals surface area contributed by atoms with Crippen molar-refractivity contribution in [1.29, 1.82) is 0 Å². The molecule has 0 radical (unpaired) electrons. The molecular formula is C17H25N3O. The van der Waals surface area contributed by atoms with E-state index in [-0.39, 0.29) is 0 Å². The maximum Gasteiger partial charge on any atom is 0.122 e. The first-order valence-electron chi connectivity index (χ1n) is 7.43. The lowest BCUT2D eigenvalue weighted by Crippen LogP contribution is -2.11. The van der Waals surface area contributed by atoms with Crippen LogP contribution in [0.4, 0.5) is 5.69 Å². The van der Waals surface area contributed by atoms with Gasteiger partial charge in [0.05, 0.1) is 12.6 Å². The van der Waals surface area contributed by atoms with Gasteiger partial charge in [-0.15, -0.1) is 0 Å². The molecule has 0 aliphatic heterocycles. The van der Waals surface area contributed by atoms with Crippen LogP contribution in [0.5, 0.6) is 5.75 Å². The van der Waals surface area contributed by atoms with E-state index in [0.717, 1.165) is 42.8 Å².